The summed E-state index contributed by atoms with van der Waals surface area (Å²) in [6.07, 6.45) is -17.4. The third kappa shape index (κ3) is 10.2. The SMILES string of the molecule is CN[C@@H]1[C@@H](O)[C@@H](O[C@@H]2[C@@H](O)[C@H](O[C@H]3O[C@H](CNC(=O)OCc4ccccc4)[C@H](O)[C@@H](O)[C@@H]3O)[C@@H](NC(=O)OCc3ccccc3)C[C@H]2N)OC[C@]1(C)O. The number of carbonyl (C=O) groups is 2. The fourth-order valence-electron chi connectivity index (χ4n) is 6.68. The number of aliphatic hydroxyl groups is 6. The van der Waals surface area contributed by atoms with Gasteiger partial charge in [-0.15, -0.1) is 0 Å². The Morgan fingerprint density at radius 1 is 0.811 bits per heavy atom. The molecule has 3 fully saturated rings. The smallest absolute Gasteiger partial charge is 0.407 e. The van der Waals surface area contributed by atoms with Gasteiger partial charge in [0.2, 0.25) is 0 Å². The van der Waals surface area contributed by atoms with Crippen molar-refractivity contribution >= 4 is 12.2 Å². The van der Waals surface area contributed by atoms with Crippen molar-refractivity contribution in [2.75, 3.05) is 20.2 Å². The molecule has 53 heavy (non-hydrogen) atoms. The van der Waals surface area contributed by atoms with Gasteiger partial charge in [-0.25, -0.2) is 9.59 Å². The van der Waals surface area contributed by atoms with Crippen LogP contribution in [0.1, 0.15) is 24.5 Å². The van der Waals surface area contributed by atoms with E-state index in [0.717, 1.165) is 5.56 Å². The summed E-state index contributed by atoms with van der Waals surface area (Å²) >= 11 is 0. The minimum atomic E-state index is -1.86. The van der Waals surface area contributed by atoms with E-state index in [4.69, 9.17) is 34.2 Å². The average Bonchev–Trinajstić information content (AvgIpc) is 3.14. The molecule has 2 saturated heterocycles. The first-order chi connectivity index (χ1) is 25.3. The van der Waals surface area contributed by atoms with Gasteiger partial charge in [0.15, 0.2) is 12.6 Å². The molecule has 5 rings (SSSR count). The Hall–Kier alpha value is -3.50. The molecule has 18 nitrogen and oxygen atoms in total. The number of alkyl carbamates (subject to hydrolysis) is 2. The number of nitrogens with two attached hydrogens (primary N) is 1. The largest absolute Gasteiger partial charge is 0.445 e. The first-order valence-electron chi connectivity index (χ1n) is 17.3. The third-order valence-electron chi connectivity index (χ3n) is 9.59. The normalized spacial score (nSPS) is 37.3. The number of benzene rings is 2. The van der Waals surface area contributed by atoms with Crippen molar-refractivity contribution in [3.8, 4) is 0 Å². The molecule has 294 valence electrons. The number of aliphatic hydroxyl groups excluding tert-OH is 5. The van der Waals surface area contributed by atoms with Crippen molar-refractivity contribution in [1.29, 1.82) is 0 Å². The Kier molecular flexibility index (Phi) is 14.0. The summed E-state index contributed by atoms with van der Waals surface area (Å²) in [5.41, 5.74) is 6.46. The average molecular weight is 751 g/mol. The van der Waals surface area contributed by atoms with Crippen LogP contribution in [0.4, 0.5) is 9.59 Å². The van der Waals surface area contributed by atoms with Crippen LogP contribution < -0.4 is 21.7 Å². The van der Waals surface area contributed by atoms with Gasteiger partial charge in [0.1, 0.15) is 67.6 Å². The third-order valence-corrected chi connectivity index (χ3v) is 9.59. The molecule has 2 heterocycles. The number of likely N-dealkylation sites (N-methyl/N-ethyl adjacent to an activating group) is 1. The molecule has 11 N–H and O–H groups in total. The fourth-order valence-corrected chi connectivity index (χ4v) is 6.68. The summed E-state index contributed by atoms with van der Waals surface area (Å²) in [4.78, 5) is 25.4. The van der Waals surface area contributed by atoms with Gasteiger partial charge in [0, 0.05) is 12.6 Å². The molecule has 0 aromatic heterocycles. The first kappa shape index (κ1) is 40.7. The molecule has 2 aromatic carbocycles. The van der Waals surface area contributed by atoms with Crippen molar-refractivity contribution < 1.29 is 68.6 Å². The maximum atomic E-state index is 13.0. The van der Waals surface area contributed by atoms with E-state index in [1.54, 1.807) is 55.6 Å². The van der Waals surface area contributed by atoms with Crippen LogP contribution in [0.25, 0.3) is 0 Å². The van der Waals surface area contributed by atoms with Crippen LogP contribution in [-0.4, -0.2) is 148 Å². The summed E-state index contributed by atoms with van der Waals surface area (Å²) in [6.45, 7) is 0.772. The van der Waals surface area contributed by atoms with Crippen LogP contribution in [0, 0.1) is 0 Å². The molecule has 14 atom stereocenters. The molecule has 0 radical (unpaired) electrons. The van der Waals surface area contributed by atoms with Gasteiger partial charge < -0.3 is 80.7 Å². The van der Waals surface area contributed by atoms with Crippen molar-refractivity contribution in [3.63, 3.8) is 0 Å². The maximum absolute atomic E-state index is 13.0. The molecule has 0 bridgehead atoms. The molecule has 2 aliphatic heterocycles. The van der Waals surface area contributed by atoms with E-state index in [1.807, 2.05) is 12.1 Å². The van der Waals surface area contributed by atoms with Gasteiger partial charge >= 0.3 is 12.2 Å². The van der Waals surface area contributed by atoms with Crippen LogP contribution in [-0.2, 0) is 41.6 Å². The minimum absolute atomic E-state index is 0.0290. The highest BCUT2D eigenvalue weighted by Gasteiger charge is 2.53. The molecule has 2 aromatic rings. The zero-order valence-corrected chi connectivity index (χ0v) is 29.3. The van der Waals surface area contributed by atoms with Gasteiger partial charge in [-0.05, 0) is 31.5 Å². The van der Waals surface area contributed by atoms with E-state index >= 15 is 0 Å². The summed E-state index contributed by atoms with van der Waals surface area (Å²) in [5.74, 6) is 0. The standard InChI is InChI=1S/C35H50N4O14/c1-35(47)17-50-31(27(44)30(35)37-2)52-28-20(36)13-21(39-34(46)49-16-19-11-7-4-8-12-19)29(26(28)43)53-32-25(42)24(41)23(40)22(51-32)14-38-33(45)48-15-18-9-5-3-6-10-18/h3-12,20-32,37,40-44,47H,13-17,36H2,1-2H3,(H,38,45)(H,39,46)/t20-,21+,22-,23+,24-,25+,26-,27-,28+,29-,30-,31-,32-,35+/m1/s1. The topological polar surface area (TPSA) is 273 Å². The maximum Gasteiger partial charge on any atom is 0.407 e. The molecule has 18 heteroatoms. The lowest BCUT2D eigenvalue weighted by Gasteiger charge is -2.49. The molecular weight excluding hydrogens is 700 g/mol. The fraction of sp³-hybridized carbons (Fsp3) is 0.600. The van der Waals surface area contributed by atoms with Gasteiger partial charge in [-0.2, -0.15) is 0 Å². The van der Waals surface area contributed by atoms with E-state index in [9.17, 15) is 40.2 Å². The highest BCUT2D eigenvalue weighted by atomic mass is 16.7. The predicted molar refractivity (Wildman–Crippen MR) is 182 cm³/mol. The van der Waals surface area contributed by atoms with E-state index in [0.29, 0.717) is 5.56 Å². The van der Waals surface area contributed by atoms with Crippen LogP contribution >= 0.6 is 0 Å². The Balaban J connectivity index is 1.29. The molecular formula is C35H50N4O14. The molecule has 1 aliphatic carbocycles. The Labute approximate surface area is 306 Å². The monoisotopic (exact) mass is 750 g/mol. The Morgan fingerprint density at radius 2 is 1.40 bits per heavy atom. The van der Waals surface area contributed by atoms with E-state index < -0.39 is 97.3 Å². The first-order valence-corrected chi connectivity index (χ1v) is 17.3. The van der Waals surface area contributed by atoms with Crippen LogP contribution in [0.3, 0.4) is 0 Å². The van der Waals surface area contributed by atoms with Crippen molar-refractivity contribution in [2.45, 2.75) is 112 Å². The number of rotatable bonds is 12. The number of hydrogen-bond donors (Lipinski definition) is 10. The van der Waals surface area contributed by atoms with E-state index in [1.165, 1.54) is 6.92 Å². The Bertz CT molecular complexity index is 1460. The molecule has 2 amide bonds. The lowest BCUT2D eigenvalue weighted by Crippen LogP contribution is -2.69. The van der Waals surface area contributed by atoms with Gasteiger partial charge in [-0.3, -0.25) is 0 Å². The van der Waals surface area contributed by atoms with Crippen molar-refractivity contribution in [2.24, 2.45) is 5.73 Å². The molecule has 1 saturated carbocycles. The summed E-state index contributed by atoms with van der Waals surface area (Å²) in [7, 11) is 1.54. The number of nitrogens with one attached hydrogen (secondary N) is 3. The van der Waals surface area contributed by atoms with Gasteiger partial charge in [0.25, 0.3) is 0 Å². The zero-order chi connectivity index (χ0) is 38.3. The van der Waals surface area contributed by atoms with Crippen LogP contribution in [0.15, 0.2) is 60.7 Å². The van der Waals surface area contributed by atoms with Gasteiger partial charge in [-0.1, -0.05) is 60.7 Å². The summed E-state index contributed by atoms with van der Waals surface area (Å²) in [5, 5.41) is 73.6. The molecule has 0 unspecified atom stereocenters. The van der Waals surface area contributed by atoms with Crippen LogP contribution in [0.5, 0.6) is 0 Å². The van der Waals surface area contributed by atoms with Crippen molar-refractivity contribution in [3.05, 3.63) is 71.8 Å². The minimum Gasteiger partial charge on any atom is -0.445 e. The molecule has 0 spiro atoms. The number of carbonyl (C=O) groups excluding carboxylic acids is 2. The highest BCUT2D eigenvalue weighted by Crippen LogP contribution is 2.32. The second-order valence-electron chi connectivity index (χ2n) is 13.7. The van der Waals surface area contributed by atoms with E-state index in [2.05, 4.69) is 16.0 Å². The van der Waals surface area contributed by atoms with Gasteiger partial charge in [0.05, 0.1) is 18.7 Å². The van der Waals surface area contributed by atoms with Crippen LogP contribution in [0.2, 0.25) is 0 Å². The quantitative estimate of drug-likeness (QED) is 0.112. The predicted octanol–water partition coefficient (Wildman–Crippen LogP) is -2.07. The number of hydrogen-bond acceptors (Lipinski definition) is 16. The van der Waals surface area contributed by atoms with E-state index in [-0.39, 0.29) is 32.8 Å². The second-order valence-corrected chi connectivity index (χ2v) is 13.7. The number of amides is 2. The Morgan fingerprint density at radius 3 is 2.00 bits per heavy atom. The highest BCUT2D eigenvalue weighted by molar-refractivity contribution is 5.68. The summed E-state index contributed by atoms with van der Waals surface area (Å²) < 4.78 is 34.0. The lowest BCUT2D eigenvalue weighted by molar-refractivity contribution is -0.330. The number of ether oxygens (including phenoxy) is 6. The molecule has 3 aliphatic rings. The summed E-state index contributed by atoms with van der Waals surface area (Å²) in [6, 6.07) is 14.9. The second kappa shape index (κ2) is 18.2. The van der Waals surface area contributed by atoms with Crippen molar-refractivity contribution in [1.82, 2.24) is 16.0 Å². The lowest BCUT2D eigenvalue weighted by atomic mass is 9.83. The zero-order valence-electron chi connectivity index (χ0n) is 29.3.